The van der Waals surface area contributed by atoms with Crippen LogP contribution in [0.3, 0.4) is 0 Å². The van der Waals surface area contributed by atoms with Gasteiger partial charge in [0.05, 0.1) is 17.8 Å². The highest BCUT2D eigenvalue weighted by Crippen LogP contribution is 2.33. The number of carbonyl (C=O) groups excluding carboxylic acids is 2. The van der Waals surface area contributed by atoms with Crippen LogP contribution in [-0.2, 0) is 4.79 Å². The number of amides is 2. The van der Waals surface area contributed by atoms with Crippen LogP contribution in [0, 0.1) is 0 Å². The fourth-order valence-electron chi connectivity index (χ4n) is 3.45. The fraction of sp³-hybridized carbons (Fsp3) is 0.643. The molecule has 1 aromatic rings. The molecule has 0 spiro atoms. The molecular weight excluding hydrogens is 258 g/mol. The number of rotatable bonds is 1. The van der Waals surface area contributed by atoms with Crippen LogP contribution in [0.15, 0.2) is 17.0 Å². The number of fused-ring (bicyclic) bond motifs is 1. The third-order valence-corrected chi connectivity index (χ3v) is 4.42. The first-order chi connectivity index (χ1) is 9.60. The summed E-state index contributed by atoms with van der Waals surface area (Å²) in [5.41, 5.74) is -0.332. The third-order valence-electron chi connectivity index (χ3n) is 4.42. The van der Waals surface area contributed by atoms with Gasteiger partial charge in [-0.3, -0.25) is 9.59 Å². The molecule has 1 aromatic heterocycles. The van der Waals surface area contributed by atoms with E-state index in [2.05, 4.69) is 10.3 Å². The first-order valence-corrected chi connectivity index (χ1v) is 7.11. The largest absolute Gasteiger partial charge is 0.438 e. The lowest BCUT2D eigenvalue weighted by Crippen LogP contribution is -2.63. The lowest BCUT2D eigenvalue weighted by Gasteiger charge is -2.47. The average Bonchev–Trinajstić information content (AvgIpc) is 2.88. The van der Waals surface area contributed by atoms with E-state index in [4.69, 9.17) is 4.42 Å². The van der Waals surface area contributed by atoms with E-state index in [9.17, 15) is 9.59 Å². The van der Waals surface area contributed by atoms with Gasteiger partial charge in [0.25, 0.3) is 5.91 Å². The Hall–Kier alpha value is -1.85. The van der Waals surface area contributed by atoms with E-state index in [-0.39, 0.29) is 29.2 Å². The lowest BCUT2D eigenvalue weighted by atomic mass is 9.81. The average molecular weight is 277 g/mol. The molecule has 0 aliphatic carbocycles. The van der Waals surface area contributed by atoms with Crippen molar-refractivity contribution >= 4 is 11.8 Å². The molecule has 2 amide bonds. The molecule has 0 aromatic carbocycles. The lowest BCUT2D eigenvalue weighted by molar-refractivity contribution is -0.123. The molecule has 0 bridgehead atoms. The van der Waals surface area contributed by atoms with Crippen LogP contribution in [0.5, 0.6) is 0 Å². The molecule has 6 heteroatoms. The maximum atomic E-state index is 12.5. The van der Waals surface area contributed by atoms with Crippen LogP contribution < -0.4 is 5.32 Å². The number of oxazole rings is 1. The van der Waals surface area contributed by atoms with Gasteiger partial charge in [-0.1, -0.05) is 0 Å². The number of aromatic nitrogens is 1. The smallest absolute Gasteiger partial charge is 0.291 e. The summed E-state index contributed by atoms with van der Waals surface area (Å²) >= 11 is 0. The zero-order valence-corrected chi connectivity index (χ0v) is 11.6. The van der Waals surface area contributed by atoms with Crippen molar-refractivity contribution in [2.75, 3.05) is 6.54 Å². The Morgan fingerprint density at radius 2 is 2.40 bits per heavy atom. The van der Waals surface area contributed by atoms with Crippen LogP contribution in [0.2, 0.25) is 0 Å². The van der Waals surface area contributed by atoms with Crippen LogP contribution in [0.4, 0.5) is 0 Å². The highest BCUT2D eigenvalue weighted by molar-refractivity contribution is 5.91. The first-order valence-electron chi connectivity index (χ1n) is 7.11. The topological polar surface area (TPSA) is 75.4 Å². The van der Waals surface area contributed by atoms with Gasteiger partial charge in [-0.05, 0) is 32.6 Å². The fourth-order valence-corrected chi connectivity index (χ4v) is 3.45. The van der Waals surface area contributed by atoms with E-state index in [0.717, 1.165) is 25.7 Å². The molecule has 3 heterocycles. The quantitative estimate of drug-likeness (QED) is 0.840. The molecular formula is C14H19N3O3. The predicted octanol–water partition coefficient (Wildman–Crippen LogP) is 1.34. The summed E-state index contributed by atoms with van der Waals surface area (Å²) in [6, 6.07) is 0.0281. The summed E-state index contributed by atoms with van der Waals surface area (Å²) in [5, 5.41) is 3.11. The summed E-state index contributed by atoms with van der Waals surface area (Å²) in [6.07, 6.45) is 6.70. The van der Waals surface area contributed by atoms with Gasteiger partial charge in [0.15, 0.2) is 6.39 Å². The number of hydrogen-bond donors (Lipinski definition) is 1. The summed E-state index contributed by atoms with van der Waals surface area (Å²) in [7, 11) is 0. The van der Waals surface area contributed by atoms with Crippen molar-refractivity contribution in [3.63, 3.8) is 0 Å². The van der Waals surface area contributed by atoms with Crippen molar-refractivity contribution < 1.29 is 14.0 Å². The molecule has 1 N–H and O–H groups in total. The summed E-state index contributed by atoms with van der Waals surface area (Å²) in [6.45, 7) is 2.75. The van der Waals surface area contributed by atoms with Crippen LogP contribution in [0.1, 0.15) is 49.6 Å². The molecule has 6 nitrogen and oxygen atoms in total. The molecule has 108 valence electrons. The van der Waals surface area contributed by atoms with Crippen LogP contribution in [0.25, 0.3) is 0 Å². The van der Waals surface area contributed by atoms with E-state index >= 15 is 0 Å². The van der Waals surface area contributed by atoms with Gasteiger partial charge in [0, 0.05) is 13.0 Å². The highest BCUT2D eigenvalue weighted by atomic mass is 16.3. The maximum Gasteiger partial charge on any atom is 0.291 e. The predicted molar refractivity (Wildman–Crippen MR) is 71.0 cm³/mol. The van der Waals surface area contributed by atoms with Crippen molar-refractivity contribution in [3.8, 4) is 0 Å². The maximum absolute atomic E-state index is 12.5. The van der Waals surface area contributed by atoms with Crippen molar-refractivity contribution in [2.45, 2.75) is 50.6 Å². The van der Waals surface area contributed by atoms with Crippen molar-refractivity contribution in [2.24, 2.45) is 0 Å². The number of piperidine rings is 1. The molecule has 2 aliphatic rings. The van der Waals surface area contributed by atoms with Crippen molar-refractivity contribution in [1.82, 2.24) is 15.2 Å². The van der Waals surface area contributed by atoms with Crippen LogP contribution >= 0.6 is 0 Å². The SMILES string of the molecule is C[C@]12CCCN(C(=O)c3cnco3)[C@H]1CCCC(=O)N2. The standard InChI is InChI=1S/C14H19N3O3/c1-14-6-3-7-17(13(19)10-8-15-9-20-10)11(14)4-2-5-12(18)16-14/h8-9,11H,2-7H2,1H3,(H,16,18)/t11-,14-/m0/s1. The van der Waals surface area contributed by atoms with Gasteiger partial charge in [-0.15, -0.1) is 0 Å². The van der Waals surface area contributed by atoms with Gasteiger partial charge < -0.3 is 14.6 Å². The zero-order chi connectivity index (χ0) is 14.2. The second kappa shape index (κ2) is 4.92. The van der Waals surface area contributed by atoms with E-state index in [1.54, 1.807) is 0 Å². The minimum absolute atomic E-state index is 0.0281. The minimum Gasteiger partial charge on any atom is -0.438 e. The van der Waals surface area contributed by atoms with Gasteiger partial charge in [0.1, 0.15) is 0 Å². The van der Waals surface area contributed by atoms with Gasteiger partial charge in [-0.2, -0.15) is 0 Å². The van der Waals surface area contributed by atoms with Crippen molar-refractivity contribution in [1.29, 1.82) is 0 Å². The van der Waals surface area contributed by atoms with E-state index in [1.165, 1.54) is 12.6 Å². The number of hydrogen-bond acceptors (Lipinski definition) is 4. The Labute approximate surface area is 117 Å². The highest BCUT2D eigenvalue weighted by Gasteiger charge is 2.45. The number of nitrogens with zero attached hydrogens (tertiary/aromatic N) is 2. The Kier molecular flexibility index (Phi) is 3.23. The third kappa shape index (κ3) is 2.19. The Balaban J connectivity index is 1.88. The van der Waals surface area contributed by atoms with E-state index in [1.807, 2.05) is 11.8 Å². The Morgan fingerprint density at radius 3 is 3.15 bits per heavy atom. The van der Waals surface area contributed by atoms with E-state index < -0.39 is 0 Å². The van der Waals surface area contributed by atoms with Crippen molar-refractivity contribution in [3.05, 3.63) is 18.4 Å². The molecule has 2 saturated heterocycles. The first kappa shape index (κ1) is 13.1. The second-order valence-corrected chi connectivity index (χ2v) is 5.84. The summed E-state index contributed by atoms with van der Waals surface area (Å²) in [5.74, 6) is 0.225. The van der Waals surface area contributed by atoms with E-state index in [0.29, 0.717) is 13.0 Å². The molecule has 3 rings (SSSR count). The molecule has 2 atom stereocenters. The Morgan fingerprint density at radius 1 is 1.55 bits per heavy atom. The van der Waals surface area contributed by atoms with Gasteiger partial charge >= 0.3 is 0 Å². The number of carbonyl (C=O) groups is 2. The molecule has 2 aliphatic heterocycles. The normalized spacial score (nSPS) is 30.4. The molecule has 0 saturated carbocycles. The van der Waals surface area contributed by atoms with Gasteiger partial charge in [-0.25, -0.2) is 4.98 Å². The van der Waals surface area contributed by atoms with Gasteiger partial charge in [0.2, 0.25) is 11.7 Å². The second-order valence-electron chi connectivity index (χ2n) is 5.84. The molecule has 0 unspecified atom stereocenters. The Bertz CT molecular complexity index is 514. The number of likely N-dealkylation sites (tertiary alicyclic amines) is 1. The van der Waals surface area contributed by atoms with Crippen LogP contribution in [-0.4, -0.2) is 39.8 Å². The minimum atomic E-state index is -0.332. The molecule has 2 fully saturated rings. The molecule has 0 radical (unpaired) electrons. The number of nitrogens with one attached hydrogen (secondary N) is 1. The monoisotopic (exact) mass is 277 g/mol. The molecule has 20 heavy (non-hydrogen) atoms. The summed E-state index contributed by atoms with van der Waals surface area (Å²) in [4.78, 5) is 30.0. The summed E-state index contributed by atoms with van der Waals surface area (Å²) < 4.78 is 5.12. The zero-order valence-electron chi connectivity index (χ0n) is 11.6.